The largest absolute Gasteiger partial charge is 0.491 e. The molecule has 0 saturated carbocycles. The van der Waals surface area contributed by atoms with Crippen LogP contribution in [0.1, 0.15) is 29.8 Å². The number of aryl methyl sites for hydroxylation is 1. The number of hydrogen-bond acceptors (Lipinski definition) is 6. The van der Waals surface area contributed by atoms with Crippen molar-refractivity contribution in [1.82, 2.24) is 4.90 Å². The van der Waals surface area contributed by atoms with Crippen molar-refractivity contribution >= 4 is 45.0 Å². The van der Waals surface area contributed by atoms with Crippen molar-refractivity contribution in [2.45, 2.75) is 26.9 Å². The highest BCUT2D eigenvalue weighted by atomic mass is 32.2. The van der Waals surface area contributed by atoms with Crippen LogP contribution in [0, 0.1) is 6.92 Å². The molecule has 0 radical (unpaired) electrons. The summed E-state index contributed by atoms with van der Waals surface area (Å²) in [6.45, 7) is 7.01. The maximum Gasteiger partial charge on any atom is 0.253 e. The minimum atomic E-state index is -3.90. The van der Waals surface area contributed by atoms with Gasteiger partial charge in [0.2, 0.25) is 15.9 Å². The Kier molecular flexibility index (Phi) is 8.25. The monoisotopic (exact) mass is 491 g/mol. The van der Waals surface area contributed by atoms with Crippen LogP contribution in [0.15, 0.2) is 42.5 Å². The number of benzene rings is 2. The second-order valence-corrected chi connectivity index (χ2v) is 11.0. The minimum Gasteiger partial charge on any atom is -0.491 e. The Bertz CT molecular complexity index is 1100. The fourth-order valence-electron chi connectivity index (χ4n) is 3.33. The molecular weight excluding hydrogens is 462 g/mol. The van der Waals surface area contributed by atoms with E-state index in [-0.39, 0.29) is 12.0 Å². The second-order valence-electron chi connectivity index (χ2n) is 8.03. The lowest BCUT2D eigenvalue weighted by Gasteiger charge is -2.26. The lowest BCUT2D eigenvalue weighted by molar-refractivity contribution is -0.113. The number of anilines is 2. The molecule has 8 nitrogen and oxygen atoms in total. The third-order valence-electron chi connectivity index (χ3n) is 4.87. The first-order valence-corrected chi connectivity index (χ1v) is 13.5. The number of sulfonamides is 1. The standard InChI is InChI=1S/C23H29N3O5S2/c1-16(2)31-20-7-5-19(6-8-20)25-33(29,30)15-22(27)24-21-9-4-18(14-17(21)3)23(28)26-10-12-32-13-11-26/h4-9,14,16,25H,10-13,15H2,1-3H3,(H,24,27). The summed E-state index contributed by atoms with van der Waals surface area (Å²) >= 11 is 1.83. The normalized spacial score (nSPS) is 14.1. The molecule has 0 aromatic heterocycles. The SMILES string of the molecule is Cc1cc(C(=O)N2CCSCC2)ccc1NC(=O)CS(=O)(=O)Nc1ccc(OC(C)C)cc1. The molecule has 0 spiro atoms. The van der Waals surface area contributed by atoms with Crippen molar-refractivity contribution in [2.75, 3.05) is 40.4 Å². The lowest BCUT2D eigenvalue weighted by Crippen LogP contribution is -2.37. The van der Waals surface area contributed by atoms with Gasteiger partial charge in [-0.15, -0.1) is 0 Å². The molecule has 1 heterocycles. The van der Waals surface area contributed by atoms with Crippen LogP contribution in [-0.4, -0.2) is 61.6 Å². The fraction of sp³-hybridized carbons (Fsp3) is 0.391. The molecule has 1 fully saturated rings. The van der Waals surface area contributed by atoms with Gasteiger partial charge in [-0.2, -0.15) is 11.8 Å². The third kappa shape index (κ3) is 7.40. The molecule has 0 unspecified atom stereocenters. The number of hydrogen-bond donors (Lipinski definition) is 2. The zero-order valence-electron chi connectivity index (χ0n) is 19.0. The number of nitrogens with one attached hydrogen (secondary N) is 2. The predicted molar refractivity (Wildman–Crippen MR) is 133 cm³/mol. The molecule has 3 rings (SSSR count). The molecule has 1 saturated heterocycles. The Hall–Kier alpha value is -2.72. The predicted octanol–water partition coefficient (Wildman–Crippen LogP) is 3.35. The second kappa shape index (κ2) is 10.9. The number of carbonyl (C=O) groups is 2. The first kappa shape index (κ1) is 24.9. The van der Waals surface area contributed by atoms with Gasteiger partial charge in [-0.25, -0.2) is 8.42 Å². The Balaban J connectivity index is 1.58. The summed E-state index contributed by atoms with van der Waals surface area (Å²) in [5.74, 6) is 1.05. The number of rotatable bonds is 8. The summed E-state index contributed by atoms with van der Waals surface area (Å²) in [5, 5.41) is 2.62. The quantitative estimate of drug-likeness (QED) is 0.587. The van der Waals surface area contributed by atoms with Gasteiger partial charge in [0.25, 0.3) is 5.91 Å². The summed E-state index contributed by atoms with van der Waals surface area (Å²) in [5.41, 5.74) is 2.05. The van der Waals surface area contributed by atoms with E-state index in [1.54, 1.807) is 49.4 Å². The molecule has 0 atom stereocenters. The average molecular weight is 492 g/mol. The van der Waals surface area contributed by atoms with E-state index in [1.807, 2.05) is 30.5 Å². The highest BCUT2D eigenvalue weighted by molar-refractivity contribution is 7.99. The molecule has 1 aliphatic rings. The van der Waals surface area contributed by atoms with Crippen LogP contribution in [-0.2, 0) is 14.8 Å². The zero-order valence-corrected chi connectivity index (χ0v) is 20.6. The summed E-state index contributed by atoms with van der Waals surface area (Å²) in [7, 11) is -3.90. The third-order valence-corrected chi connectivity index (χ3v) is 7.00. The minimum absolute atomic E-state index is 0.00995. The Morgan fingerprint density at radius 3 is 2.36 bits per heavy atom. The van der Waals surface area contributed by atoms with E-state index in [0.29, 0.717) is 28.3 Å². The maximum absolute atomic E-state index is 12.7. The van der Waals surface area contributed by atoms with Crippen LogP contribution in [0.25, 0.3) is 0 Å². The van der Waals surface area contributed by atoms with E-state index in [4.69, 9.17) is 4.74 Å². The van der Waals surface area contributed by atoms with Crippen LogP contribution in [0.4, 0.5) is 11.4 Å². The number of amides is 2. The summed E-state index contributed by atoms with van der Waals surface area (Å²) in [4.78, 5) is 26.9. The molecule has 33 heavy (non-hydrogen) atoms. The summed E-state index contributed by atoms with van der Waals surface area (Å²) < 4.78 is 32.8. The molecule has 0 aliphatic carbocycles. The van der Waals surface area contributed by atoms with Crippen molar-refractivity contribution in [2.24, 2.45) is 0 Å². The van der Waals surface area contributed by atoms with Gasteiger partial charge in [0.05, 0.1) is 6.10 Å². The number of thioether (sulfide) groups is 1. The highest BCUT2D eigenvalue weighted by Gasteiger charge is 2.20. The van der Waals surface area contributed by atoms with Gasteiger partial charge in [-0.05, 0) is 68.8 Å². The van der Waals surface area contributed by atoms with E-state index in [9.17, 15) is 18.0 Å². The van der Waals surface area contributed by atoms with Crippen LogP contribution >= 0.6 is 11.8 Å². The van der Waals surface area contributed by atoms with Gasteiger partial charge >= 0.3 is 0 Å². The van der Waals surface area contributed by atoms with Gasteiger partial charge < -0.3 is 15.0 Å². The Morgan fingerprint density at radius 2 is 1.76 bits per heavy atom. The molecule has 10 heteroatoms. The molecule has 1 aliphatic heterocycles. The smallest absolute Gasteiger partial charge is 0.253 e. The molecule has 2 aromatic rings. The molecule has 2 amide bonds. The molecular formula is C23H29N3O5S2. The van der Waals surface area contributed by atoms with Crippen LogP contribution in [0.2, 0.25) is 0 Å². The Morgan fingerprint density at radius 1 is 1.09 bits per heavy atom. The molecule has 178 valence electrons. The van der Waals surface area contributed by atoms with Gasteiger partial charge in [0, 0.05) is 41.5 Å². The van der Waals surface area contributed by atoms with Crippen molar-refractivity contribution < 1.29 is 22.7 Å². The summed E-state index contributed by atoms with van der Waals surface area (Å²) in [6, 6.07) is 11.5. The zero-order chi connectivity index (χ0) is 24.0. The average Bonchev–Trinajstić information content (AvgIpc) is 2.75. The van der Waals surface area contributed by atoms with Crippen LogP contribution < -0.4 is 14.8 Å². The van der Waals surface area contributed by atoms with E-state index in [1.165, 1.54) is 0 Å². The lowest BCUT2D eigenvalue weighted by atomic mass is 10.1. The number of ether oxygens (including phenoxy) is 1. The van der Waals surface area contributed by atoms with Crippen molar-refractivity contribution in [3.05, 3.63) is 53.6 Å². The van der Waals surface area contributed by atoms with Gasteiger partial charge in [-0.3, -0.25) is 14.3 Å². The van der Waals surface area contributed by atoms with E-state index >= 15 is 0 Å². The first-order chi connectivity index (χ1) is 15.6. The first-order valence-electron chi connectivity index (χ1n) is 10.7. The van der Waals surface area contributed by atoms with Crippen LogP contribution in [0.5, 0.6) is 5.75 Å². The number of carbonyl (C=O) groups excluding carboxylic acids is 2. The van der Waals surface area contributed by atoms with Crippen molar-refractivity contribution in [1.29, 1.82) is 0 Å². The molecule has 2 aromatic carbocycles. The van der Waals surface area contributed by atoms with Gasteiger partial charge in [0.15, 0.2) is 0 Å². The maximum atomic E-state index is 12.7. The molecule has 2 N–H and O–H groups in total. The summed E-state index contributed by atoms with van der Waals surface area (Å²) in [6.07, 6.45) is 0.00995. The topological polar surface area (TPSA) is 105 Å². The van der Waals surface area contributed by atoms with Gasteiger partial charge in [0.1, 0.15) is 11.5 Å². The van der Waals surface area contributed by atoms with Crippen LogP contribution in [0.3, 0.4) is 0 Å². The highest BCUT2D eigenvalue weighted by Crippen LogP contribution is 2.20. The number of nitrogens with zero attached hydrogens (tertiary/aromatic N) is 1. The molecule has 0 bridgehead atoms. The van der Waals surface area contributed by atoms with E-state index in [2.05, 4.69) is 10.0 Å². The van der Waals surface area contributed by atoms with E-state index in [0.717, 1.165) is 24.6 Å². The Labute approximate surface area is 199 Å². The van der Waals surface area contributed by atoms with Gasteiger partial charge in [-0.1, -0.05) is 0 Å². The fourth-order valence-corrected chi connectivity index (χ4v) is 5.22. The van der Waals surface area contributed by atoms with E-state index < -0.39 is 21.7 Å². The van der Waals surface area contributed by atoms with Crippen molar-refractivity contribution in [3.63, 3.8) is 0 Å². The van der Waals surface area contributed by atoms with Crippen molar-refractivity contribution in [3.8, 4) is 5.75 Å².